The lowest BCUT2D eigenvalue weighted by atomic mass is 10.2. The second-order valence-corrected chi connectivity index (χ2v) is 5.65. The Balaban J connectivity index is 2.17. The Morgan fingerprint density at radius 2 is 1.48 bits per heavy atom. The largest absolute Gasteiger partial charge is 0.321 e. The van der Waals surface area contributed by atoms with Gasteiger partial charge in [0.15, 0.2) is 0 Å². The van der Waals surface area contributed by atoms with Gasteiger partial charge in [0.2, 0.25) is 5.91 Å². The van der Waals surface area contributed by atoms with Gasteiger partial charge >= 0.3 is 0 Å². The van der Waals surface area contributed by atoms with Crippen molar-refractivity contribution < 1.29 is 9.59 Å². The van der Waals surface area contributed by atoms with Crippen LogP contribution in [0.1, 0.15) is 24.2 Å². The summed E-state index contributed by atoms with van der Waals surface area (Å²) in [7, 11) is 0. The van der Waals surface area contributed by atoms with Crippen LogP contribution in [0.15, 0.2) is 60.2 Å². The van der Waals surface area contributed by atoms with Crippen molar-refractivity contribution in [3.05, 3.63) is 70.8 Å². The molecular formula is C18H17ClN2O2. The van der Waals surface area contributed by atoms with Crippen molar-refractivity contribution in [2.75, 3.05) is 10.6 Å². The van der Waals surface area contributed by atoms with E-state index in [9.17, 15) is 9.59 Å². The molecule has 2 N–H and O–H groups in total. The highest BCUT2D eigenvalue weighted by Crippen LogP contribution is 2.22. The van der Waals surface area contributed by atoms with Crippen molar-refractivity contribution in [3.63, 3.8) is 0 Å². The maximum absolute atomic E-state index is 12.3. The first-order valence-corrected chi connectivity index (χ1v) is 7.45. The molecule has 0 unspecified atom stereocenters. The SMILES string of the molecule is CC(C)=CC(=O)Nc1ccccc1NC(=O)c1ccc(Cl)cc1. The van der Waals surface area contributed by atoms with Crippen LogP contribution in [0, 0.1) is 0 Å². The van der Waals surface area contributed by atoms with E-state index in [1.165, 1.54) is 6.08 Å². The number of para-hydroxylation sites is 2. The first kappa shape index (κ1) is 16.8. The molecule has 4 nitrogen and oxygen atoms in total. The summed E-state index contributed by atoms with van der Waals surface area (Å²) in [5, 5.41) is 6.11. The molecule has 0 saturated heterocycles. The van der Waals surface area contributed by atoms with Gasteiger partial charge in [-0.05, 0) is 50.2 Å². The fourth-order valence-corrected chi connectivity index (χ4v) is 2.05. The minimum atomic E-state index is -0.273. The number of benzene rings is 2. The number of hydrogen-bond acceptors (Lipinski definition) is 2. The molecule has 0 aromatic heterocycles. The molecule has 2 aromatic carbocycles. The van der Waals surface area contributed by atoms with E-state index < -0.39 is 0 Å². The van der Waals surface area contributed by atoms with Gasteiger partial charge in [-0.3, -0.25) is 9.59 Å². The first-order valence-electron chi connectivity index (χ1n) is 7.07. The van der Waals surface area contributed by atoms with E-state index in [0.29, 0.717) is 22.0 Å². The molecular weight excluding hydrogens is 312 g/mol. The molecule has 0 aliphatic heterocycles. The van der Waals surface area contributed by atoms with Gasteiger partial charge in [0.25, 0.3) is 5.91 Å². The van der Waals surface area contributed by atoms with Crippen LogP contribution in [0.25, 0.3) is 0 Å². The van der Waals surface area contributed by atoms with Crippen molar-refractivity contribution in [3.8, 4) is 0 Å². The van der Waals surface area contributed by atoms with E-state index in [-0.39, 0.29) is 11.8 Å². The van der Waals surface area contributed by atoms with Gasteiger partial charge in [-0.25, -0.2) is 0 Å². The van der Waals surface area contributed by atoms with Crippen LogP contribution in [-0.2, 0) is 4.79 Å². The molecule has 118 valence electrons. The highest BCUT2D eigenvalue weighted by molar-refractivity contribution is 6.30. The summed E-state index contributed by atoms with van der Waals surface area (Å²) in [6.45, 7) is 3.68. The van der Waals surface area contributed by atoms with Crippen molar-refractivity contribution in [2.45, 2.75) is 13.8 Å². The lowest BCUT2D eigenvalue weighted by Crippen LogP contribution is -2.15. The normalized spacial score (nSPS) is 9.87. The standard InChI is InChI=1S/C18H17ClN2O2/c1-12(2)11-17(22)20-15-5-3-4-6-16(15)21-18(23)13-7-9-14(19)10-8-13/h3-11H,1-2H3,(H,20,22)(H,21,23). The monoisotopic (exact) mass is 328 g/mol. The molecule has 0 atom stereocenters. The topological polar surface area (TPSA) is 58.2 Å². The van der Waals surface area contributed by atoms with Gasteiger partial charge in [-0.15, -0.1) is 0 Å². The third kappa shape index (κ3) is 4.97. The summed E-state index contributed by atoms with van der Waals surface area (Å²) in [5.41, 5.74) is 2.45. The molecule has 2 rings (SSSR count). The van der Waals surface area contributed by atoms with E-state index >= 15 is 0 Å². The van der Waals surface area contributed by atoms with E-state index in [1.807, 2.05) is 13.8 Å². The minimum Gasteiger partial charge on any atom is -0.321 e. The second kappa shape index (κ2) is 7.61. The molecule has 2 aromatic rings. The van der Waals surface area contributed by atoms with Crippen LogP contribution >= 0.6 is 11.6 Å². The van der Waals surface area contributed by atoms with E-state index in [2.05, 4.69) is 10.6 Å². The van der Waals surface area contributed by atoms with Crippen LogP contribution in [0.4, 0.5) is 11.4 Å². The number of hydrogen-bond donors (Lipinski definition) is 2. The van der Waals surface area contributed by atoms with Crippen molar-refractivity contribution in [2.24, 2.45) is 0 Å². The summed E-state index contributed by atoms with van der Waals surface area (Å²) >= 11 is 5.82. The van der Waals surface area contributed by atoms with Gasteiger partial charge in [-0.2, -0.15) is 0 Å². The molecule has 0 radical (unpaired) electrons. The zero-order chi connectivity index (χ0) is 16.8. The molecule has 2 amide bonds. The quantitative estimate of drug-likeness (QED) is 0.812. The molecule has 23 heavy (non-hydrogen) atoms. The number of rotatable bonds is 4. The molecule has 0 bridgehead atoms. The molecule has 0 aliphatic carbocycles. The molecule has 0 saturated carbocycles. The first-order chi connectivity index (χ1) is 11.0. The predicted molar refractivity (Wildman–Crippen MR) is 93.9 cm³/mol. The van der Waals surface area contributed by atoms with Crippen LogP contribution in [-0.4, -0.2) is 11.8 Å². The average Bonchev–Trinajstić information content (AvgIpc) is 2.49. The smallest absolute Gasteiger partial charge is 0.255 e. The van der Waals surface area contributed by atoms with Gasteiger partial charge < -0.3 is 10.6 Å². The number of anilines is 2. The number of carbonyl (C=O) groups is 2. The number of carbonyl (C=O) groups excluding carboxylic acids is 2. The second-order valence-electron chi connectivity index (χ2n) is 5.22. The fourth-order valence-electron chi connectivity index (χ4n) is 1.93. The third-order valence-electron chi connectivity index (χ3n) is 2.96. The Bertz CT molecular complexity index is 748. The number of nitrogens with one attached hydrogen (secondary N) is 2. The Labute approximate surface area is 140 Å². The Kier molecular flexibility index (Phi) is 5.55. The minimum absolute atomic E-state index is 0.238. The number of amides is 2. The van der Waals surface area contributed by atoms with E-state index in [1.54, 1.807) is 48.5 Å². The lowest BCUT2D eigenvalue weighted by molar-refractivity contribution is -0.111. The molecule has 0 heterocycles. The number of halogens is 1. The fraction of sp³-hybridized carbons (Fsp3) is 0.111. The van der Waals surface area contributed by atoms with Crippen LogP contribution in [0.2, 0.25) is 5.02 Å². The molecule has 5 heteroatoms. The van der Waals surface area contributed by atoms with E-state index in [0.717, 1.165) is 5.57 Å². The highest BCUT2D eigenvalue weighted by atomic mass is 35.5. The number of allylic oxidation sites excluding steroid dienone is 1. The maximum Gasteiger partial charge on any atom is 0.255 e. The zero-order valence-corrected chi connectivity index (χ0v) is 13.6. The highest BCUT2D eigenvalue weighted by Gasteiger charge is 2.10. The van der Waals surface area contributed by atoms with Crippen molar-refractivity contribution in [1.29, 1.82) is 0 Å². The van der Waals surface area contributed by atoms with Crippen molar-refractivity contribution in [1.82, 2.24) is 0 Å². The Hall–Kier alpha value is -2.59. The summed E-state index contributed by atoms with van der Waals surface area (Å²) in [6, 6.07) is 13.6. The van der Waals surface area contributed by atoms with Gasteiger partial charge in [0, 0.05) is 16.7 Å². The van der Waals surface area contributed by atoms with Crippen molar-refractivity contribution >= 4 is 34.8 Å². The third-order valence-corrected chi connectivity index (χ3v) is 3.21. The molecule has 0 spiro atoms. The maximum atomic E-state index is 12.3. The predicted octanol–water partition coefficient (Wildman–Crippen LogP) is 4.50. The van der Waals surface area contributed by atoms with Gasteiger partial charge in [0.1, 0.15) is 0 Å². The lowest BCUT2D eigenvalue weighted by Gasteiger charge is -2.11. The average molecular weight is 329 g/mol. The Morgan fingerprint density at radius 3 is 2.04 bits per heavy atom. The summed E-state index contributed by atoms with van der Waals surface area (Å²) < 4.78 is 0. The molecule has 0 fully saturated rings. The molecule has 0 aliphatic rings. The van der Waals surface area contributed by atoms with Crippen LogP contribution < -0.4 is 10.6 Å². The summed E-state index contributed by atoms with van der Waals surface area (Å²) in [6.07, 6.45) is 1.50. The van der Waals surface area contributed by atoms with Gasteiger partial charge in [0.05, 0.1) is 11.4 Å². The summed E-state index contributed by atoms with van der Waals surface area (Å²) in [5.74, 6) is -0.510. The van der Waals surface area contributed by atoms with E-state index in [4.69, 9.17) is 11.6 Å². The van der Waals surface area contributed by atoms with Crippen LogP contribution in [0.5, 0.6) is 0 Å². The van der Waals surface area contributed by atoms with Crippen LogP contribution in [0.3, 0.4) is 0 Å². The Morgan fingerprint density at radius 1 is 0.913 bits per heavy atom. The van der Waals surface area contributed by atoms with Gasteiger partial charge in [-0.1, -0.05) is 29.3 Å². The summed E-state index contributed by atoms with van der Waals surface area (Å²) in [4.78, 5) is 24.1. The zero-order valence-electron chi connectivity index (χ0n) is 12.9.